The van der Waals surface area contributed by atoms with E-state index < -0.39 is 0 Å². The van der Waals surface area contributed by atoms with Gasteiger partial charge in [0.15, 0.2) is 0 Å². The maximum Gasteiger partial charge on any atom is 0.220 e. The molecule has 2 aromatic carbocycles. The molecule has 1 aliphatic rings. The highest BCUT2D eigenvalue weighted by Crippen LogP contribution is 2.22. The molecule has 0 aliphatic carbocycles. The zero-order valence-corrected chi connectivity index (χ0v) is 16.9. The van der Waals surface area contributed by atoms with Crippen molar-refractivity contribution in [2.45, 2.75) is 58.9 Å². The topological polar surface area (TPSA) is 32.3 Å². The predicted molar refractivity (Wildman–Crippen MR) is 113 cm³/mol. The lowest BCUT2D eigenvalue weighted by Gasteiger charge is -2.29. The second kappa shape index (κ2) is 9.07. The molecular formula is C24H32N2O. The summed E-state index contributed by atoms with van der Waals surface area (Å²) in [6, 6.07) is 15.2. The summed E-state index contributed by atoms with van der Waals surface area (Å²) in [4.78, 5) is 14.8. The first kappa shape index (κ1) is 19.5. The number of benzene rings is 2. The molecule has 27 heavy (non-hydrogen) atoms. The lowest BCUT2D eigenvalue weighted by molar-refractivity contribution is -0.121. The van der Waals surface area contributed by atoms with E-state index in [-0.39, 0.29) is 11.9 Å². The van der Waals surface area contributed by atoms with Crippen molar-refractivity contribution in [2.24, 2.45) is 0 Å². The first-order chi connectivity index (χ1) is 13.0. The summed E-state index contributed by atoms with van der Waals surface area (Å²) in [6.07, 6.45) is 5.23. The van der Waals surface area contributed by atoms with Gasteiger partial charge in [-0.3, -0.25) is 4.79 Å². The van der Waals surface area contributed by atoms with E-state index in [2.05, 4.69) is 73.5 Å². The average molecular weight is 365 g/mol. The Balaban J connectivity index is 1.50. The minimum Gasteiger partial charge on any atom is -0.372 e. The van der Waals surface area contributed by atoms with Crippen LogP contribution in [-0.2, 0) is 11.2 Å². The number of carbonyl (C=O) groups is 1. The summed E-state index contributed by atoms with van der Waals surface area (Å²) in [7, 11) is 0. The molecule has 1 amide bonds. The van der Waals surface area contributed by atoms with Crippen molar-refractivity contribution in [3.63, 3.8) is 0 Å². The summed E-state index contributed by atoms with van der Waals surface area (Å²) in [6.45, 7) is 8.61. The molecule has 3 nitrogen and oxygen atoms in total. The maximum absolute atomic E-state index is 12.3. The quantitative estimate of drug-likeness (QED) is 0.773. The Kier molecular flexibility index (Phi) is 6.54. The number of rotatable bonds is 6. The lowest BCUT2D eigenvalue weighted by atomic mass is 10.0. The fourth-order valence-electron chi connectivity index (χ4n) is 3.74. The zero-order valence-electron chi connectivity index (χ0n) is 16.9. The van der Waals surface area contributed by atoms with E-state index >= 15 is 0 Å². The van der Waals surface area contributed by atoms with Crippen LogP contribution in [0.1, 0.15) is 60.9 Å². The predicted octanol–water partition coefficient (Wildman–Crippen LogP) is 5.10. The van der Waals surface area contributed by atoms with E-state index in [1.165, 1.54) is 41.6 Å². The van der Waals surface area contributed by atoms with E-state index in [1.807, 2.05) is 0 Å². The second-order valence-corrected chi connectivity index (χ2v) is 7.85. The monoisotopic (exact) mass is 364 g/mol. The van der Waals surface area contributed by atoms with Crippen LogP contribution in [0.4, 0.5) is 5.69 Å². The average Bonchev–Trinajstić information content (AvgIpc) is 2.69. The van der Waals surface area contributed by atoms with Gasteiger partial charge in [-0.1, -0.05) is 30.3 Å². The van der Waals surface area contributed by atoms with Crippen molar-refractivity contribution in [1.82, 2.24) is 5.32 Å². The lowest BCUT2D eigenvalue weighted by Crippen LogP contribution is -2.29. The molecular weight excluding hydrogens is 332 g/mol. The molecule has 1 N–H and O–H groups in total. The van der Waals surface area contributed by atoms with Gasteiger partial charge in [-0.2, -0.15) is 0 Å². The third-order valence-corrected chi connectivity index (χ3v) is 5.70. The first-order valence-electron chi connectivity index (χ1n) is 10.2. The van der Waals surface area contributed by atoms with Gasteiger partial charge < -0.3 is 10.2 Å². The minimum absolute atomic E-state index is 0.0349. The molecule has 0 saturated carbocycles. The molecule has 0 spiro atoms. The second-order valence-electron chi connectivity index (χ2n) is 7.85. The maximum atomic E-state index is 12.3. The van der Waals surface area contributed by atoms with Gasteiger partial charge in [0.05, 0.1) is 6.04 Å². The Morgan fingerprint density at radius 1 is 1.00 bits per heavy atom. The number of piperidine rings is 1. The summed E-state index contributed by atoms with van der Waals surface area (Å²) < 4.78 is 0. The van der Waals surface area contributed by atoms with Crippen molar-refractivity contribution in [3.05, 3.63) is 64.7 Å². The number of hydrogen-bond acceptors (Lipinski definition) is 2. The molecule has 1 atom stereocenters. The van der Waals surface area contributed by atoms with Crippen LogP contribution in [0.2, 0.25) is 0 Å². The molecule has 0 radical (unpaired) electrons. The smallest absolute Gasteiger partial charge is 0.220 e. The van der Waals surface area contributed by atoms with Crippen molar-refractivity contribution >= 4 is 11.6 Å². The van der Waals surface area contributed by atoms with Crippen LogP contribution in [0.25, 0.3) is 0 Å². The van der Waals surface area contributed by atoms with Crippen molar-refractivity contribution in [1.29, 1.82) is 0 Å². The van der Waals surface area contributed by atoms with Crippen LogP contribution in [-0.4, -0.2) is 19.0 Å². The molecule has 144 valence electrons. The van der Waals surface area contributed by atoms with E-state index in [0.717, 1.165) is 25.1 Å². The van der Waals surface area contributed by atoms with E-state index in [4.69, 9.17) is 0 Å². The van der Waals surface area contributed by atoms with Crippen molar-refractivity contribution < 1.29 is 4.79 Å². The fraction of sp³-hybridized carbons (Fsp3) is 0.458. The zero-order chi connectivity index (χ0) is 19.2. The Labute approximate surface area is 163 Å². The fourth-order valence-corrected chi connectivity index (χ4v) is 3.74. The third-order valence-electron chi connectivity index (χ3n) is 5.70. The molecule has 3 rings (SSSR count). The van der Waals surface area contributed by atoms with Crippen molar-refractivity contribution in [2.75, 3.05) is 18.0 Å². The molecule has 1 heterocycles. The highest BCUT2D eigenvalue weighted by atomic mass is 16.1. The van der Waals surface area contributed by atoms with Crippen LogP contribution in [0.3, 0.4) is 0 Å². The van der Waals surface area contributed by atoms with Crippen LogP contribution >= 0.6 is 0 Å². The van der Waals surface area contributed by atoms with Crippen molar-refractivity contribution in [3.8, 4) is 0 Å². The molecule has 0 bridgehead atoms. The van der Waals surface area contributed by atoms with Gasteiger partial charge in [0, 0.05) is 25.2 Å². The molecule has 1 saturated heterocycles. The van der Waals surface area contributed by atoms with Gasteiger partial charge in [0.1, 0.15) is 0 Å². The Morgan fingerprint density at radius 2 is 1.70 bits per heavy atom. The summed E-state index contributed by atoms with van der Waals surface area (Å²) in [5.74, 6) is 0.112. The summed E-state index contributed by atoms with van der Waals surface area (Å²) in [5.41, 5.74) is 6.27. The Hall–Kier alpha value is -2.29. The van der Waals surface area contributed by atoms with E-state index in [1.54, 1.807) is 0 Å². The molecule has 0 aromatic heterocycles. The highest BCUT2D eigenvalue weighted by Gasteiger charge is 2.13. The molecule has 1 aliphatic heterocycles. The minimum atomic E-state index is 0.0349. The number of aryl methyl sites for hydroxylation is 3. The molecule has 3 heteroatoms. The van der Waals surface area contributed by atoms with Gasteiger partial charge in [0.2, 0.25) is 5.91 Å². The summed E-state index contributed by atoms with van der Waals surface area (Å²) in [5, 5.41) is 3.14. The molecule has 1 fully saturated rings. The first-order valence-corrected chi connectivity index (χ1v) is 10.2. The Bertz CT molecular complexity index is 760. The van der Waals surface area contributed by atoms with Crippen LogP contribution in [0, 0.1) is 13.8 Å². The number of nitrogens with one attached hydrogen (secondary N) is 1. The third kappa shape index (κ3) is 5.35. The van der Waals surface area contributed by atoms with E-state index in [9.17, 15) is 4.79 Å². The number of hydrogen-bond donors (Lipinski definition) is 1. The highest BCUT2D eigenvalue weighted by molar-refractivity contribution is 5.76. The van der Waals surface area contributed by atoms with Gasteiger partial charge >= 0.3 is 0 Å². The van der Waals surface area contributed by atoms with Gasteiger partial charge in [-0.15, -0.1) is 0 Å². The molecule has 1 unspecified atom stereocenters. The van der Waals surface area contributed by atoms with Crippen LogP contribution in [0.5, 0.6) is 0 Å². The molecule has 2 aromatic rings. The number of anilines is 1. The SMILES string of the molecule is Cc1ccc(CCC(=O)NC(C)c2ccc(N3CCCCC3)cc2)cc1C. The van der Waals surface area contributed by atoms with Gasteiger partial charge in [-0.05, 0) is 80.8 Å². The van der Waals surface area contributed by atoms with Gasteiger partial charge in [0.25, 0.3) is 0 Å². The number of amides is 1. The van der Waals surface area contributed by atoms with Crippen LogP contribution in [0.15, 0.2) is 42.5 Å². The normalized spacial score (nSPS) is 15.4. The largest absolute Gasteiger partial charge is 0.372 e. The van der Waals surface area contributed by atoms with E-state index in [0.29, 0.717) is 6.42 Å². The number of carbonyl (C=O) groups excluding carboxylic acids is 1. The summed E-state index contributed by atoms with van der Waals surface area (Å²) >= 11 is 0. The van der Waals surface area contributed by atoms with Crippen LogP contribution < -0.4 is 10.2 Å². The standard InChI is InChI=1S/C24H32N2O/c1-18-7-8-21(17-19(18)2)9-14-24(27)25-20(3)22-10-12-23(13-11-22)26-15-5-4-6-16-26/h7-8,10-13,17,20H,4-6,9,14-16H2,1-3H3,(H,25,27). The number of nitrogens with zero attached hydrogens (tertiary/aromatic N) is 1. The van der Waals surface area contributed by atoms with Gasteiger partial charge in [-0.25, -0.2) is 0 Å². The Morgan fingerprint density at radius 3 is 2.37 bits per heavy atom.